The highest BCUT2D eigenvalue weighted by atomic mass is 16.5. The smallest absolute Gasteiger partial charge is 0.322 e. The Hall–Kier alpha value is -1.10. The van der Waals surface area contributed by atoms with E-state index in [1.54, 1.807) is 0 Å². The number of carbonyl (C=O) groups excluding carboxylic acids is 1. The molecule has 0 aliphatic carbocycles. The first-order valence-electron chi connectivity index (χ1n) is 3.65. The van der Waals surface area contributed by atoms with Gasteiger partial charge in [-0.15, -0.1) is 0 Å². The summed E-state index contributed by atoms with van der Waals surface area (Å²) < 4.78 is 4.83. The van der Waals surface area contributed by atoms with Crippen LogP contribution < -0.4 is 5.32 Å². The fourth-order valence-corrected chi connectivity index (χ4v) is 0.333. The minimum Gasteiger partial charge on any atom is -0.480 e. The molecule has 0 heterocycles. The quantitative estimate of drug-likeness (QED) is 0.573. The molecule has 0 rings (SSSR count). The molecule has 0 aromatic carbocycles. The van der Waals surface area contributed by atoms with E-state index >= 15 is 0 Å². The molecule has 1 amide bonds. The summed E-state index contributed by atoms with van der Waals surface area (Å²) >= 11 is 0. The van der Waals surface area contributed by atoms with Gasteiger partial charge >= 0.3 is 5.97 Å². The average molecular weight is 177 g/mol. The molecule has 0 radical (unpaired) electrons. The largest absolute Gasteiger partial charge is 0.480 e. The van der Waals surface area contributed by atoms with Crippen LogP contribution in [-0.2, 0) is 14.3 Å². The highest BCUT2D eigenvalue weighted by Gasteiger charge is 1.88. The molecule has 0 unspecified atom stereocenters. The minimum atomic E-state index is -1.04. The SMILES string of the molecule is CCOCC.O=CNCC(=O)O. The number of carboxylic acids is 1. The Balaban J connectivity index is 0. The topological polar surface area (TPSA) is 75.6 Å². The number of hydrogen-bond donors (Lipinski definition) is 2. The maximum absolute atomic E-state index is 9.54. The zero-order valence-corrected chi connectivity index (χ0v) is 7.37. The van der Waals surface area contributed by atoms with Crippen molar-refractivity contribution in [2.24, 2.45) is 0 Å². The first-order valence-corrected chi connectivity index (χ1v) is 3.65. The molecule has 0 atom stereocenters. The number of nitrogens with one attached hydrogen (secondary N) is 1. The molecule has 0 aliphatic rings. The summed E-state index contributed by atoms with van der Waals surface area (Å²) in [4.78, 5) is 18.9. The monoisotopic (exact) mass is 177 g/mol. The number of ether oxygens (including phenoxy) is 1. The van der Waals surface area contributed by atoms with Crippen LogP contribution in [0.25, 0.3) is 0 Å². The van der Waals surface area contributed by atoms with Crippen LogP contribution >= 0.6 is 0 Å². The Morgan fingerprint density at radius 2 is 2.00 bits per heavy atom. The van der Waals surface area contributed by atoms with Crippen molar-refractivity contribution in [2.75, 3.05) is 19.8 Å². The summed E-state index contributed by atoms with van der Waals surface area (Å²) in [7, 11) is 0. The van der Waals surface area contributed by atoms with Gasteiger partial charge in [-0.1, -0.05) is 0 Å². The number of rotatable bonds is 5. The molecule has 0 bridgehead atoms. The highest BCUT2D eigenvalue weighted by Crippen LogP contribution is 1.64. The molecular formula is C7H15NO4. The van der Waals surface area contributed by atoms with E-state index in [0.717, 1.165) is 13.2 Å². The first-order chi connectivity index (χ1) is 5.68. The Bertz CT molecular complexity index is 114. The van der Waals surface area contributed by atoms with Crippen LogP contribution in [0.15, 0.2) is 0 Å². The third-order valence-electron chi connectivity index (χ3n) is 0.745. The second-order valence-electron chi connectivity index (χ2n) is 1.67. The van der Waals surface area contributed by atoms with Gasteiger partial charge in [-0.2, -0.15) is 0 Å². The van der Waals surface area contributed by atoms with E-state index in [0.29, 0.717) is 6.41 Å². The lowest BCUT2D eigenvalue weighted by Gasteiger charge is -1.86. The zero-order chi connectivity index (χ0) is 9.82. The van der Waals surface area contributed by atoms with E-state index in [9.17, 15) is 9.59 Å². The van der Waals surface area contributed by atoms with E-state index in [4.69, 9.17) is 9.84 Å². The molecule has 2 N–H and O–H groups in total. The van der Waals surface area contributed by atoms with E-state index in [2.05, 4.69) is 0 Å². The molecule has 5 nitrogen and oxygen atoms in total. The van der Waals surface area contributed by atoms with Crippen molar-refractivity contribution in [3.05, 3.63) is 0 Å². The van der Waals surface area contributed by atoms with Crippen molar-refractivity contribution in [1.29, 1.82) is 0 Å². The molecule has 0 spiro atoms. The summed E-state index contributed by atoms with van der Waals surface area (Å²) in [6.45, 7) is 5.36. The molecular weight excluding hydrogens is 162 g/mol. The third kappa shape index (κ3) is 23.1. The van der Waals surface area contributed by atoms with Gasteiger partial charge < -0.3 is 15.2 Å². The number of amides is 1. The van der Waals surface area contributed by atoms with Gasteiger partial charge in [-0.25, -0.2) is 0 Å². The number of hydrogen-bond acceptors (Lipinski definition) is 3. The van der Waals surface area contributed by atoms with E-state index in [-0.39, 0.29) is 6.54 Å². The molecule has 12 heavy (non-hydrogen) atoms. The Morgan fingerprint density at radius 3 is 2.08 bits per heavy atom. The van der Waals surface area contributed by atoms with Crippen LogP contribution in [0.2, 0.25) is 0 Å². The Morgan fingerprint density at radius 1 is 1.50 bits per heavy atom. The summed E-state index contributed by atoms with van der Waals surface area (Å²) in [5, 5.41) is 9.79. The molecule has 0 saturated heterocycles. The van der Waals surface area contributed by atoms with Crippen LogP contribution in [0.3, 0.4) is 0 Å². The highest BCUT2D eigenvalue weighted by molar-refractivity contribution is 5.71. The Labute approximate surface area is 71.7 Å². The molecule has 0 saturated carbocycles. The predicted molar refractivity (Wildman–Crippen MR) is 43.9 cm³/mol. The fraction of sp³-hybridized carbons (Fsp3) is 0.714. The second kappa shape index (κ2) is 12.6. The standard InChI is InChI=1S/C4H10O.C3H5NO3/c1-3-5-4-2;5-2-4-1-3(6)7/h3-4H2,1-2H3;2H,1H2,(H,4,5)(H,6,7). The summed E-state index contributed by atoms with van der Waals surface area (Å²) in [6.07, 6.45) is 0.341. The molecule has 0 aliphatic heterocycles. The Kier molecular flexibility index (Phi) is 14.1. The zero-order valence-electron chi connectivity index (χ0n) is 7.37. The van der Waals surface area contributed by atoms with Crippen LogP contribution in [0.5, 0.6) is 0 Å². The second-order valence-corrected chi connectivity index (χ2v) is 1.67. The van der Waals surface area contributed by atoms with Gasteiger partial charge in [0.25, 0.3) is 0 Å². The normalized spacial score (nSPS) is 7.83. The van der Waals surface area contributed by atoms with Crippen molar-refractivity contribution in [2.45, 2.75) is 13.8 Å². The molecule has 0 fully saturated rings. The van der Waals surface area contributed by atoms with Gasteiger partial charge in [-0.3, -0.25) is 9.59 Å². The van der Waals surface area contributed by atoms with E-state index in [1.165, 1.54) is 0 Å². The van der Waals surface area contributed by atoms with Gasteiger partial charge in [0.05, 0.1) is 0 Å². The van der Waals surface area contributed by atoms with Crippen LogP contribution in [-0.4, -0.2) is 37.2 Å². The maximum Gasteiger partial charge on any atom is 0.322 e. The lowest BCUT2D eigenvalue weighted by Crippen LogP contribution is -2.20. The van der Waals surface area contributed by atoms with E-state index < -0.39 is 5.97 Å². The number of aliphatic carboxylic acids is 1. The summed E-state index contributed by atoms with van der Waals surface area (Å²) in [5.41, 5.74) is 0. The van der Waals surface area contributed by atoms with Crippen molar-refractivity contribution in [1.82, 2.24) is 5.32 Å². The predicted octanol–water partition coefficient (Wildman–Crippen LogP) is -0.140. The van der Waals surface area contributed by atoms with Gasteiger partial charge in [0.15, 0.2) is 0 Å². The minimum absolute atomic E-state index is 0.302. The lowest BCUT2D eigenvalue weighted by molar-refractivity contribution is -0.136. The molecule has 0 aromatic heterocycles. The lowest BCUT2D eigenvalue weighted by atomic mass is 10.7. The average Bonchev–Trinajstić information content (AvgIpc) is 2.03. The van der Waals surface area contributed by atoms with Crippen molar-refractivity contribution < 1.29 is 19.4 Å². The third-order valence-corrected chi connectivity index (χ3v) is 0.745. The molecule has 72 valence electrons. The molecule has 0 aromatic rings. The molecule has 5 heteroatoms. The maximum atomic E-state index is 9.54. The van der Waals surface area contributed by atoms with Crippen LogP contribution in [0.1, 0.15) is 13.8 Å². The van der Waals surface area contributed by atoms with Crippen molar-refractivity contribution in [3.63, 3.8) is 0 Å². The van der Waals surface area contributed by atoms with Crippen molar-refractivity contribution in [3.8, 4) is 0 Å². The fourth-order valence-electron chi connectivity index (χ4n) is 0.333. The first kappa shape index (κ1) is 13.5. The van der Waals surface area contributed by atoms with Gasteiger partial charge in [0.1, 0.15) is 6.54 Å². The van der Waals surface area contributed by atoms with E-state index in [1.807, 2.05) is 19.2 Å². The van der Waals surface area contributed by atoms with Gasteiger partial charge in [0, 0.05) is 13.2 Å². The van der Waals surface area contributed by atoms with Gasteiger partial charge in [0.2, 0.25) is 6.41 Å². The van der Waals surface area contributed by atoms with Crippen LogP contribution in [0, 0.1) is 0 Å². The van der Waals surface area contributed by atoms with Crippen molar-refractivity contribution >= 4 is 12.4 Å². The summed E-state index contributed by atoms with van der Waals surface area (Å²) in [5.74, 6) is -1.04. The number of carbonyl (C=O) groups is 2. The number of carboxylic acid groups (broad SMARTS) is 1. The van der Waals surface area contributed by atoms with Gasteiger partial charge in [-0.05, 0) is 13.8 Å². The summed E-state index contributed by atoms with van der Waals surface area (Å²) in [6, 6.07) is 0. The van der Waals surface area contributed by atoms with Crippen LogP contribution in [0.4, 0.5) is 0 Å².